The Balaban J connectivity index is 1.24. The molecule has 0 unspecified atom stereocenters. The fourth-order valence-corrected chi connectivity index (χ4v) is 6.39. The van der Waals surface area contributed by atoms with Crippen LogP contribution in [0.2, 0.25) is 0 Å². The first kappa shape index (κ1) is 17.3. The number of hydrogen-bond acceptors (Lipinski definition) is 2. The first-order valence-corrected chi connectivity index (χ1v) is 11.0. The topological polar surface area (TPSA) is 57.8 Å². The highest BCUT2D eigenvalue weighted by atomic mass is 16.1. The van der Waals surface area contributed by atoms with Crippen molar-refractivity contribution in [2.45, 2.75) is 45.1 Å². The highest BCUT2D eigenvalue weighted by Crippen LogP contribution is 2.53. The molecule has 3 aromatic rings. The molecule has 0 atom stereocenters. The zero-order chi connectivity index (χ0) is 19.5. The molecule has 1 heterocycles. The molecule has 2 aromatic carbocycles. The van der Waals surface area contributed by atoms with E-state index >= 15 is 0 Å². The standard InChI is InChI=1S/C25H27N3O/c1-14-2-4-17(5-3-14)24-26-21-7-6-18(13-22(21)27-24)25(29)28-23-19-9-15-8-16(11-19)12-20(23)10-15/h2-7,13,15-16,19-20,23H,8-12H2,1H3,(H,26,27)(H,28,29). The van der Waals surface area contributed by atoms with Gasteiger partial charge in [0.1, 0.15) is 5.82 Å². The van der Waals surface area contributed by atoms with E-state index in [0.717, 1.165) is 39.8 Å². The summed E-state index contributed by atoms with van der Waals surface area (Å²) in [5, 5.41) is 3.41. The summed E-state index contributed by atoms with van der Waals surface area (Å²) in [6.45, 7) is 2.08. The molecule has 4 bridgehead atoms. The number of fused-ring (bicyclic) bond motifs is 1. The first-order chi connectivity index (χ1) is 14.1. The van der Waals surface area contributed by atoms with Crippen molar-refractivity contribution in [1.82, 2.24) is 15.3 Å². The van der Waals surface area contributed by atoms with Crippen molar-refractivity contribution in [3.63, 3.8) is 0 Å². The SMILES string of the molecule is Cc1ccc(-c2nc3ccc(C(=O)NC4C5CC6CC(C5)CC4C6)cc3[nH]2)cc1. The lowest BCUT2D eigenvalue weighted by atomic mass is 9.54. The predicted molar refractivity (Wildman–Crippen MR) is 115 cm³/mol. The molecule has 148 valence electrons. The summed E-state index contributed by atoms with van der Waals surface area (Å²) in [4.78, 5) is 21.1. The third-order valence-electron chi connectivity index (χ3n) is 7.59. The molecule has 1 aromatic heterocycles. The van der Waals surface area contributed by atoms with E-state index in [4.69, 9.17) is 4.98 Å². The second kappa shape index (κ2) is 6.45. The number of aromatic nitrogens is 2. The van der Waals surface area contributed by atoms with Crippen LogP contribution in [0.15, 0.2) is 42.5 Å². The van der Waals surface area contributed by atoms with Crippen LogP contribution in [-0.2, 0) is 0 Å². The van der Waals surface area contributed by atoms with Crippen LogP contribution in [-0.4, -0.2) is 21.9 Å². The van der Waals surface area contributed by atoms with Crippen molar-refractivity contribution in [2.75, 3.05) is 0 Å². The molecular formula is C25H27N3O. The smallest absolute Gasteiger partial charge is 0.251 e. The number of H-pyrrole nitrogens is 1. The fourth-order valence-electron chi connectivity index (χ4n) is 6.39. The van der Waals surface area contributed by atoms with Gasteiger partial charge in [0.25, 0.3) is 5.91 Å². The number of imidazole rings is 1. The van der Waals surface area contributed by atoms with Gasteiger partial charge in [-0.1, -0.05) is 29.8 Å². The second-order valence-electron chi connectivity index (χ2n) is 9.61. The van der Waals surface area contributed by atoms with E-state index in [0.29, 0.717) is 17.9 Å². The molecule has 0 radical (unpaired) electrons. The molecule has 4 aliphatic carbocycles. The van der Waals surface area contributed by atoms with Crippen molar-refractivity contribution < 1.29 is 4.79 Å². The zero-order valence-electron chi connectivity index (χ0n) is 16.8. The number of nitrogens with zero attached hydrogens (tertiary/aromatic N) is 1. The van der Waals surface area contributed by atoms with Gasteiger partial charge in [0.15, 0.2) is 0 Å². The van der Waals surface area contributed by atoms with Gasteiger partial charge in [-0.3, -0.25) is 4.79 Å². The van der Waals surface area contributed by atoms with Gasteiger partial charge in [-0.05, 0) is 80.9 Å². The lowest BCUT2D eigenvalue weighted by molar-refractivity contribution is -0.0119. The molecule has 0 spiro atoms. The highest BCUT2D eigenvalue weighted by molar-refractivity contribution is 5.98. The van der Waals surface area contributed by atoms with E-state index in [-0.39, 0.29) is 5.91 Å². The quantitative estimate of drug-likeness (QED) is 0.659. The predicted octanol–water partition coefficient (Wildman–Crippen LogP) is 5.09. The van der Waals surface area contributed by atoms with E-state index in [1.807, 2.05) is 18.2 Å². The number of hydrogen-bond donors (Lipinski definition) is 2. The highest BCUT2D eigenvalue weighted by Gasteiger charge is 2.48. The fraction of sp³-hybridized carbons (Fsp3) is 0.440. The Hall–Kier alpha value is -2.62. The van der Waals surface area contributed by atoms with Crippen LogP contribution in [0.1, 0.15) is 48.0 Å². The molecule has 4 nitrogen and oxygen atoms in total. The second-order valence-corrected chi connectivity index (χ2v) is 9.61. The number of nitrogens with one attached hydrogen (secondary N) is 2. The van der Waals surface area contributed by atoms with Crippen LogP contribution in [0, 0.1) is 30.6 Å². The first-order valence-electron chi connectivity index (χ1n) is 11.0. The van der Waals surface area contributed by atoms with Gasteiger partial charge in [-0.2, -0.15) is 0 Å². The third kappa shape index (κ3) is 2.97. The third-order valence-corrected chi connectivity index (χ3v) is 7.59. The molecule has 4 saturated carbocycles. The summed E-state index contributed by atoms with van der Waals surface area (Å²) in [6.07, 6.45) is 6.71. The molecule has 4 fully saturated rings. The van der Waals surface area contributed by atoms with E-state index in [9.17, 15) is 4.79 Å². The summed E-state index contributed by atoms with van der Waals surface area (Å²) in [6, 6.07) is 14.5. The number of carbonyl (C=O) groups is 1. The monoisotopic (exact) mass is 385 g/mol. The summed E-state index contributed by atoms with van der Waals surface area (Å²) in [5.41, 5.74) is 4.83. The maximum absolute atomic E-state index is 13.0. The van der Waals surface area contributed by atoms with Gasteiger partial charge in [-0.25, -0.2) is 4.98 Å². The van der Waals surface area contributed by atoms with Crippen LogP contribution >= 0.6 is 0 Å². The van der Waals surface area contributed by atoms with Crippen molar-refractivity contribution in [1.29, 1.82) is 0 Å². The number of aryl methyl sites for hydroxylation is 1. The molecule has 1 amide bonds. The Bertz CT molecular complexity index is 1050. The maximum atomic E-state index is 13.0. The van der Waals surface area contributed by atoms with Crippen molar-refractivity contribution in [3.05, 3.63) is 53.6 Å². The Morgan fingerprint density at radius 1 is 0.966 bits per heavy atom. The van der Waals surface area contributed by atoms with E-state index < -0.39 is 0 Å². The summed E-state index contributed by atoms with van der Waals surface area (Å²) in [5.74, 6) is 4.15. The van der Waals surface area contributed by atoms with Gasteiger partial charge in [0.05, 0.1) is 11.0 Å². The number of carbonyl (C=O) groups excluding carboxylic acids is 1. The number of aromatic amines is 1. The Morgan fingerprint density at radius 2 is 1.66 bits per heavy atom. The molecule has 29 heavy (non-hydrogen) atoms. The summed E-state index contributed by atoms with van der Waals surface area (Å²) >= 11 is 0. The van der Waals surface area contributed by atoms with Gasteiger partial charge >= 0.3 is 0 Å². The maximum Gasteiger partial charge on any atom is 0.251 e. The molecule has 2 N–H and O–H groups in total. The molecule has 0 saturated heterocycles. The Kier molecular flexibility index (Phi) is 3.84. The normalized spacial score (nSPS) is 30.0. The van der Waals surface area contributed by atoms with Crippen LogP contribution in [0.5, 0.6) is 0 Å². The van der Waals surface area contributed by atoms with E-state index in [2.05, 4.69) is 41.5 Å². The Labute approximate surface area is 171 Å². The number of benzene rings is 2. The molecule has 4 heteroatoms. The van der Waals surface area contributed by atoms with Crippen LogP contribution in [0.3, 0.4) is 0 Å². The minimum absolute atomic E-state index is 0.0656. The number of rotatable bonds is 3. The minimum atomic E-state index is 0.0656. The largest absolute Gasteiger partial charge is 0.349 e. The van der Waals surface area contributed by atoms with Crippen LogP contribution in [0.4, 0.5) is 0 Å². The van der Waals surface area contributed by atoms with E-state index in [1.54, 1.807) is 0 Å². The minimum Gasteiger partial charge on any atom is -0.349 e. The van der Waals surface area contributed by atoms with Gasteiger partial charge < -0.3 is 10.3 Å². The Morgan fingerprint density at radius 3 is 2.34 bits per heavy atom. The summed E-state index contributed by atoms with van der Waals surface area (Å²) < 4.78 is 0. The average molecular weight is 386 g/mol. The van der Waals surface area contributed by atoms with Gasteiger partial charge in [0.2, 0.25) is 0 Å². The lowest BCUT2D eigenvalue weighted by Gasteiger charge is -2.54. The van der Waals surface area contributed by atoms with Crippen LogP contribution in [0.25, 0.3) is 22.4 Å². The van der Waals surface area contributed by atoms with Crippen molar-refractivity contribution in [2.24, 2.45) is 23.7 Å². The van der Waals surface area contributed by atoms with Crippen LogP contribution < -0.4 is 5.32 Å². The van der Waals surface area contributed by atoms with Gasteiger partial charge in [0, 0.05) is 17.2 Å². The number of amides is 1. The molecular weight excluding hydrogens is 358 g/mol. The zero-order valence-corrected chi connectivity index (χ0v) is 16.8. The van der Waals surface area contributed by atoms with Crippen molar-refractivity contribution in [3.8, 4) is 11.4 Å². The molecule has 7 rings (SSSR count). The van der Waals surface area contributed by atoms with Gasteiger partial charge in [-0.15, -0.1) is 0 Å². The lowest BCUT2D eigenvalue weighted by Crippen LogP contribution is -2.55. The summed E-state index contributed by atoms with van der Waals surface area (Å²) in [7, 11) is 0. The molecule has 4 aliphatic rings. The molecule has 0 aliphatic heterocycles. The average Bonchev–Trinajstić information content (AvgIpc) is 3.14. The van der Waals surface area contributed by atoms with Crippen molar-refractivity contribution >= 4 is 16.9 Å². The van der Waals surface area contributed by atoms with E-state index in [1.165, 1.54) is 37.7 Å².